The molecule has 1 aromatic carbocycles. The van der Waals surface area contributed by atoms with Gasteiger partial charge in [-0.05, 0) is 37.1 Å². The van der Waals surface area contributed by atoms with Gasteiger partial charge < -0.3 is 16.0 Å². The van der Waals surface area contributed by atoms with Crippen LogP contribution >= 0.6 is 28.3 Å². The molecule has 1 heterocycles. The van der Waals surface area contributed by atoms with Crippen LogP contribution in [0.1, 0.15) is 16.8 Å². The molecular weight excluding hydrogens is 358 g/mol. The van der Waals surface area contributed by atoms with E-state index in [-0.39, 0.29) is 30.8 Å². The number of hydrogen-bond acceptors (Lipinski definition) is 3. The molecule has 0 saturated carbocycles. The zero-order valence-corrected chi connectivity index (χ0v) is 14.0. The van der Waals surface area contributed by atoms with Crippen LogP contribution < -0.4 is 11.1 Å². The summed E-state index contributed by atoms with van der Waals surface area (Å²) < 4.78 is 0.835. The minimum atomic E-state index is -0.241. The number of likely N-dealkylation sites (tertiary alicyclic amines) is 1. The van der Waals surface area contributed by atoms with Gasteiger partial charge in [0, 0.05) is 23.1 Å². The molecule has 116 valence electrons. The first-order valence-corrected chi connectivity index (χ1v) is 7.41. The summed E-state index contributed by atoms with van der Waals surface area (Å²) in [6, 6.07) is 7.07. The van der Waals surface area contributed by atoms with Crippen molar-refractivity contribution in [3.63, 3.8) is 0 Å². The van der Waals surface area contributed by atoms with Crippen LogP contribution in [0, 0.1) is 5.92 Å². The van der Waals surface area contributed by atoms with Gasteiger partial charge >= 0.3 is 0 Å². The summed E-state index contributed by atoms with van der Waals surface area (Å²) in [6.07, 6.45) is 0.946. The van der Waals surface area contributed by atoms with Gasteiger partial charge in [-0.25, -0.2) is 0 Å². The Kier molecular flexibility index (Phi) is 7.14. The summed E-state index contributed by atoms with van der Waals surface area (Å²) in [4.78, 5) is 25.6. The molecule has 1 aliphatic heterocycles. The first-order chi connectivity index (χ1) is 9.60. The number of benzene rings is 1. The van der Waals surface area contributed by atoms with Gasteiger partial charge in [-0.1, -0.05) is 22.0 Å². The molecule has 21 heavy (non-hydrogen) atoms. The summed E-state index contributed by atoms with van der Waals surface area (Å²) in [7, 11) is 0. The molecule has 1 unspecified atom stereocenters. The molecule has 1 aromatic rings. The predicted octanol–water partition coefficient (Wildman–Crippen LogP) is 1.41. The van der Waals surface area contributed by atoms with E-state index in [0.717, 1.165) is 17.4 Å². The number of nitrogens with two attached hydrogens (primary N) is 1. The van der Waals surface area contributed by atoms with Crippen LogP contribution in [0.3, 0.4) is 0 Å². The van der Waals surface area contributed by atoms with E-state index >= 15 is 0 Å². The van der Waals surface area contributed by atoms with Crippen LogP contribution in [-0.4, -0.2) is 42.9 Å². The van der Waals surface area contributed by atoms with Crippen molar-refractivity contribution in [3.8, 4) is 0 Å². The van der Waals surface area contributed by atoms with Crippen molar-refractivity contribution in [1.82, 2.24) is 10.2 Å². The third-order valence-corrected chi connectivity index (χ3v) is 3.95. The molecule has 1 aliphatic rings. The second-order valence-corrected chi connectivity index (χ2v) is 5.84. The highest BCUT2D eigenvalue weighted by Gasteiger charge is 2.25. The molecular formula is C14H19BrClN3O2. The number of nitrogens with one attached hydrogen (secondary N) is 1. The number of carbonyl (C=O) groups is 2. The van der Waals surface area contributed by atoms with Crippen LogP contribution in [-0.2, 0) is 4.79 Å². The minimum absolute atomic E-state index is 0. The summed E-state index contributed by atoms with van der Waals surface area (Å²) in [6.45, 7) is 2.06. The molecule has 3 N–H and O–H groups in total. The second kappa shape index (κ2) is 8.36. The zero-order valence-electron chi connectivity index (χ0n) is 11.5. The fourth-order valence-corrected chi connectivity index (χ4v) is 2.65. The highest BCUT2D eigenvalue weighted by Crippen LogP contribution is 2.14. The van der Waals surface area contributed by atoms with Crippen molar-refractivity contribution in [2.75, 3.05) is 26.2 Å². The molecule has 5 nitrogen and oxygen atoms in total. The first kappa shape index (κ1) is 17.9. The van der Waals surface area contributed by atoms with Gasteiger partial charge in [0.15, 0.2) is 0 Å². The van der Waals surface area contributed by atoms with Crippen molar-refractivity contribution in [2.45, 2.75) is 6.42 Å². The van der Waals surface area contributed by atoms with Gasteiger partial charge in [0.25, 0.3) is 5.91 Å². The Morgan fingerprint density at radius 3 is 2.81 bits per heavy atom. The summed E-state index contributed by atoms with van der Waals surface area (Å²) in [5.74, 6) is 0.0956. The topological polar surface area (TPSA) is 75.4 Å². The Labute approximate surface area is 138 Å². The second-order valence-electron chi connectivity index (χ2n) is 4.92. The van der Waals surface area contributed by atoms with Gasteiger partial charge in [0.2, 0.25) is 5.91 Å². The maximum absolute atomic E-state index is 12.0. The SMILES string of the molecule is Cl.NCC1CCN(C(=O)CNC(=O)c2cccc(Br)c2)C1. The average Bonchev–Trinajstić information content (AvgIpc) is 2.93. The molecule has 0 aliphatic carbocycles. The van der Waals surface area contributed by atoms with Gasteiger partial charge in [0.1, 0.15) is 0 Å². The minimum Gasteiger partial charge on any atom is -0.343 e. The van der Waals surface area contributed by atoms with Gasteiger partial charge in [-0.3, -0.25) is 9.59 Å². The van der Waals surface area contributed by atoms with E-state index in [0.29, 0.717) is 24.6 Å². The molecule has 0 spiro atoms. The van der Waals surface area contributed by atoms with Crippen LogP contribution in [0.5, 0.6) is 0 Å². The molecule has 0 aromatic heterocycles. The molecule has 2 rings (SSSR count). The number of nitrogens with zero attached hydrogens (tertiary/aromatic N) is 1. The highest BCUT2D eigenvalue weighted by atomic mass is 79.9. The quantitative estimate of drug-likeness (QED) is 0.834. The standard InChI is InChI=1S/C14H18BrN3O2.ClH/c15-12-3-1-2-11(6-12)14(20)17-8-13(19)18-5-4-10(7-16)9-18;/h1-3,6,10H,4-5,7-9,16H2,(H,17,20);1H. The molecule has 1 atom stereocenters. The summed E-state index contributed by atoms with van der Waals surface area (Å²) >= 11 is 3.31. The number of hydrogen-bond donors (Lipinski definition) is 2. The Morgan fingerprint density at radius 1 is 1.43 bits per heavy atom. The van der Waals surface area contributed by atoms with Crippen LogP contribution in [0.25, 0.3) is 0 Å². The van der Waals surface area contributed by atoms with Crippen molar-refractivity contribution in [1.29, 1.82) is 0 Å². The lowest BCUT2D eigenvalue weighted by Crippen LogP contribution is -2.39. The number of rotatable bonds is 4. The Hall–Kier alpha value is -1.11. The molecule has 1 fully saturated rings. The van der Waals surface area contributed by atoms with E-state index in [4.69, 9.17) is 5.73 Å². The lowest BCUT2D eigenvalue weighted by molar-refractivity contribution is -0.129. The normalized spacial score (nSPS) is 17.2. The monoisotopic (exact) mass is 375 g/mol. The number of carbonyl (C=O) groups excluding carboxylic acids is 2. The van der Waals surface area contributed by atoms with Gasteiger partial charge in [-0.15, -0.1) is 12.4 Å². The molecule has 0 radical (unpaired) electrons. The predicted molar refractivity (Wildman–Crippen MR) is 87.5 cm³/mol. The van der Waals surface area contributed by atoms with Crippen LogP contribution in [0.4, 0.5) is 0 Å². The van der Waals surface area contributed by atoms with E-state index in [2.05, 4.69) is 21.2 Å². The van der Waals surface area contributed by atoms with Crippen molar-refractivity contribution in [2.24, 2.45) is 11.7 Å². The Balaban J connectivity index is 0.00000220. The Bertz CT molecular complexity index is 513. The Morgan fingerprint density at radius 2 is 2.19 bits per heavy atom. The average molecular weight is 377 g/mol. The van der Waals surface area contributed by atoms with E-state index in [1.807, 2.05) is 6.07 Å². The molecule has 1 saturated heterocycles. The lowest BCUT2D eigenvalue weighted by Gasteiger charge is -2.16. The van der Waals surface area contributed by atoms with Gasteiger partial charge in [-0.2, -0.15) is 0 Å². The number of amides is 2. The van der Waals surface area contributed by atoms with E-state index < -0.39 is 0 Å². The smallest absolute Gasteiger partial charge is 0.251 e. The van der Waals surface area contributed by atoms with Crippen molar-refractivity contribution >= 4 is 40.2 Å². The third-order valence-electron chi connectivity index (χ3n) is 3.46. The molecule has 7 heteroatoms. The zero-order chi connectivity index (χ0) is 14.5. The van der Waals surface area contributed by atoms with Crippen LogP contribution in [0.2, 0.25) is 0 Å². The fourth-order valence-electron chi connectivity index (χ4n) is 2.25. The summed E-state index contributed by atoms with van der Waals surface area (Å²) in [5, 5.41) is 2.65. The summed E-state index contributed by atoms with van der Waals surface area (Å²) in [5.41, 5.74) is 6.13. The maximum Gasteiger partial charge on any atom is 0.251 e. The molecule has 0 bridgehead atoms. The molecule has 2 amide bonds. The van der Waals surface area contributed by atoms with Gasteiger partial charge in [0.05, 0.1) is 6.54 Å². The van der Waals surface area contributed by atoms with E-state index in [9.17, 15) is 9.59 Å². The van der Waals surface area contributed by atoms with Crippen molar-refractivity contribution in [3.05, 3.63) is 34.3 Å². The maximum atomic E-state index is 12.0. The number of halogens is 2. The van der Waals surface area contributed by atoms with E-state index in [1.54, 1.807) is 23.1 Å². The highest BCUT2D eigenvalue weighted by molar-refractivity contribution is 9.10. The van der Waals surface area contributed by atoms with Crippen LogP contribution in [0.15, 0.2) is 28.7 Å². The van der Waals surface area contributed by atoms with Crippen molar-refractivity contribution < 1.29 is 9.59 Å². The first-order valence-electron chi connectivity index (χ1n) is 6.61. The third kappa shape index (κ3) is 4.98. The lowest BCUT2D eigenvalue weighted by atomic mass is 10.1. The largest absolute Gasteiger partial charge is 0.343 e. The fraction of sp³-hybridized carbons (Fsp3) is 0.429. The van der Waals surface area contributed by atoms with E-state index in [1.165, 1.54) is 0 Å².